The molecular weight excluding hydrogens is 257 g/mol. The zero-order valence-electron chi connectivity index (χ0n) is 5.75. The average Bonchev–Trinajstić information content (AvgIpc) is 1.88. The summed E-state index contributed by atoms with van der Waals surface area (Å²) in [5.74, 6) is -0.912. The van der Waals surface area contributed by atoms with Gasteiger partial charge in [-0.2, -0.15) is 0 Å². The van der Waals surface area contributed by atoms with Crippen molar-refractivity contribution >= 4 is 11.7 Å². The van der Waals surface area contributed by atoms with Crippen molar-refractivity contribution in [3.8, 4) is 0 Å². The van der Waals surface area contributed by atoms with Crippen molar-refractivity contribution in [1.29, 1.82) is 0 Å². The van der Waals surface area contributed by atoms with E-state index in [1.165, 1.54) is 12.1 Å². The Morgan fingerprint density at radius 2 is 2.09 bits per heavy atom. The standard InChI is InChI=1S/C7H7NO2.HI/c8-6-3-1-2-5(4-6)7(9)10;/h1-4H,8H2,(H,9,10);1H. The third-order valence-electron chi connectivity index (χ3n) is 1.17. The predicted molar refractivity (Wildman–Crippen MR) is 35.9 cm³/mol. The van der Waals surface area contributed by atoms with Crippen LogP contribution in [0.3, 0.4) is 0 Å². The molecule has 0 radical (unpaired) electrons. The Bertz CT molecular complexity index is 262. The van der Waals surface area contributed by atoms with E-state index in [1.807, 2.05) is 0 Å². The van der Waals surface area contributed by atoms with Gasteiger partial charge in [-0.25, -0.2) is 4.79 Å². The second kappa shape index (κ2) is 4.30. The Kier molecular flexibility index (Phi) is 4.06. The molecule has 0 unspecified atom stereocenters. The largest absolute Gasteiger partial charge is 1.00 e. The number of quaternary nitrogens is 1. The third kappa shape index (κ3) is 2.85. The normalized spacial score (nSPS) is 8.45. The van der Waals surface area contributed by atoms with Crippen molar-refractivity contribution in [2.75, 3.05) is 0 Å². The molecule has 0 aliphatic rings. The fraction of sp³-hybridized carbons (Fsp3) is 0. The van der Waals surface area contributed by atoms with Crippen LogP contribution in [0.5, 0.6) is 0 Å². The number of carbonyl (C=O) groups is 1. The highest BCUT2D eigenvalue weighted by molar-refractivity contribution is 5.88. The zero-order valence-corrected chi connectivity index (χ0v) is 7.91. The lowest BCUT2D eigenvalue weighted by Gasteiger charge is -1.91. The molecule has 1 aromatic carbocycles. The second-order valence-corrected chi connectivity index (χ2v) is 2.01. The molecular formula is C7H8INO2. The van der Waals surface area contributed by atoms with Crippen molar-refractivity contribution in [3.05, 3.63) is 29.8 Å². The van der Waals surface area contributed by atoms with Crippen molar-refractivity contribution in [1.82, 2.24) is 0 Å². The fourth-order valence-electron chi connectivity index (χ4n) is 0.704. The van der Waals surface area contributed by atoms with Crippen molar-refractivity contribution in [2.45, 2.75) is 0 Å². The molecule has 0 bridgehead atoms. The Morgan fingerprint density at radius 1 is 1.45 bits per heavy atom. The zero-order chi connectivity index (χ0) is 7.56. The van der Waals surface area contributed by atoms with Crippen LogP contribution in [-0.4, -0.2) is 11.1 Å². The van der Waals surface area contributed by atoms with Gasteiger partial charge in [0.2, 0.25) is 0 Å². The van der Waals surface area contributed by atoms with Gasteiger partial charge in [-0.15, -0.1) is 0 Å². The first-order valence-corrected chi connectivity index (χ1v) is 2.85. The van der Waals surface area contributed by atoms with E-state index in [1.54, 1.807) is 12.1 Å². The Morgan fingerprint density at radius 3 is 2.45 bits per heavy atom. The highest BCUT2D eigenvalue weighted by Crippen LogP contribution is 2.03. The molecule has 0 saturated heterocycles. The molecule has 0 fully saturated rings. The maximum atomic E-state index is 10.3. The van der Waals surface area contributed by atoms with Gasteiger partial charge < -0.3 is 34.8 Å². The lowest BCUT2D eigenvalue weighted by molar-refractivity contribution is -0.254. The molecule has 0 atom stereocenters. The molecule has 11 heavy (non-hydrogen) atoms. The molecule has 0 spiro atoms. The molecule has 4 heteroatoms. The lowest BCUT2D eigenvalue weighted by Crippen LogP contribution is -3.00. The summed E-state index contributed by atoms with van der Waals surface area (Å²) in [5, 5.41) is 8.48. The minimum atomic E-state index is -0.912. The summed E-state index contributed by atoms with van der Waals surface area (Å²) < 4.78 is 0. The van der Waals surface area contributed by atoms with Crippen LogP contribution in [0.4, 0.5) is 5.69 Å². The molecule has 3 nitrogen and oxygen atoms in total. The molecule has 0 aliphatic heterocycles. The van der Waals surface area contributed by atoms with Gasteiger partial charge in [0.05, 0.1) is 5.56 Å². The summed E-state index contributed by atoms with van der Waals surface area (Å²) in [6.45, 7) is 0. The first kappa shape index (κ1) is 10.4. The van der Waals surface area contributed by atoms with E-state index in [0.29, 0.717) is 0 Å². The van der Waals surface area contributed by atoms with E-state index < -0.39 is 5.97 Å². The highest BCUT2D eigenvalue weighted by atomic mass is 127. The predicted octanol–water partition coefficient (Wildman–Crippen LogP) is -2.74. The number of benzene rings is 1. The number of carboxylic acid groups (broad SMARTS) is 1. The van der Waals surface area contributed by atoms with E-state index in [4.69, 9.17) is 5.11 Å². The van der Waals surface area contributed by atoms with Gasteiger partial charge in [0.15, 0.2) is 0 Å². The number of halogens is 1. The Hall–Kier alpha value is -0.620. The van der Waals surface area contributed by atoms with Gasteiger partial charge in [-0.1, -0.05) is 6.07 Å². The SMILES string of the molecule is [I-].[NH3+]c1cccc(C(=O)O)c1. The van der Waals surface area contributed by atoms with Gasteiger partial charge in [-0.3, -0.25) is 0 Å². The highest BCUT2D eigenvalue weighted by Gasteiger charge is 2.01. The molecule has 0 saturated carbocycles. The van der Waals surface area contributed by atoms with E-state index in [9.17, 15) is 4.79 Å². The minimum absolute atomic E-state index is 0. The molecule has 0 aromatic heterocycles. The van der Waals surface area contributed by atoms with Crippen LogP contribution in [0.15, 0.2) is 24.3 Å². The fourth-order valence-corrected chi connectivity index (χ4v) is 0.704. The van der Waals surface area contributed by atoms with Gasteiger partial charge in [0.25, 0.3) is 0 Å². The van der Waals surface area contributed by atoms with Gasteiger partial charge in [-0.05, 0) is 12.1 Å². The van der Waals surface area contributed by atoms with Crippen LogP contribution in [-0.2, 0) is 0 Å². The maximum absolute atomic E-state index is 10.3. The van der Waals surface area contributed by atoms with E-state index in [-0.39, 0.29) is 29.5 Å². The van der Waals surface area contributed by atoms with Crippen LogP contribution < -0.4 is 29.7 Å². The minimum Gasteiger partial charge on any atom is -1.00 e. The van der Waals surface area contributed by atoms with E-state index in [0.717, 1.165) is 5.69 Å². The van der Waals surface area contributed by atoms with Gasteiger partial charge in [0.1, 0.15) is 5.69 Å². The number of carboxylic acids is 1. The van der Waals surface area contributed by atoms with Crippen LogP contribution in [0, 0.1) is 0 Å². The average molecular weight is 265 g/mol. The second-order valence-electron chi connectivity index (χ2n) is 2.01. The first-order valence-electron chi connectivity index (χ1n) is 2.85. The van der Waals surface area contributed by atoms with Crippen LogP contribution in [0.25, 0.3) is 0 Å². The number of hydrogen-bond donors (Lipinski definition) is 2. The van der Waals surface area contributed by atoms with Crippen LogP contribution in [0.1, 0.15) is 10.4 Å². The first-order chi connectivity index (χ1) is 4.70. The lowest BCUT2D eigenvalue weighted by atomic mass is 10.2. The molecule has 0 aliphatic carbocycles. The Labute approximate surface area is 81.2 Å². The van der Waals surface area contributed by atoms with Gasteiger partial charge >= 0.3 is 5.97 Å². The number of hydrogen-bond acceptors (Lipinski definition) is 1. The van der Waals surface area contributed by atoms with E-state index in [2.05, 4.69) is 5.73 Å². The van der Waals surface area contributed by atoms with Crippen LogP contribution in [0.2, 0.25) is 0 Å². The maximum Gasteiger partial charge on any atom is 0.335 e. The van der Waals surface area contributed by atoms with Crippen molar-refractivity contribution in [2.24, 2.45) is 0 Å². The summed E-state index contributed by atoms with van der Waals surface area (Å²) in [7, 11) is 0. The summed E-state index contributed by atoms with van der Waals surface area (Å²) >= 11 is 0. The molecule has 60 valence electrons. The van der Waals surface area contributed by atoms with Crippen molar-refractivity contribution < 1.29 is 39.6 Å². The van der Waals surface area contributed by atoms with E-state index >= 15 is 0 Å². The summed E-state index contributed by atoms with van der Waals surface area (Å²) in [6, 6.07) is 6.50. The summed E-state index contributed by atoms with van der Waals surface area (Å²) in [5.41, 5.74) is 4.61. The quantitative estimate of drug-likeness (QED) is 0.541. The third-order valence-corrected chi connectivity index (χ3v) is 1.17. The smallest absolute Gasteiger partial charge is 0.335 e. The van der Waals surface area contributed by atoms with Crippen LogP contribution >= 0.6 is 0 Å². The summed E-state index contributed by atoms with van der Waals surface area (Å²) in [4.78, 5) is 10.3. The Balaban J connectivity index is 0.000001000. The van der Waals surface area contributed by atoms with Gasteiger partial charge in [0, 0.05) is 6.07 Å². The molecule has 0 heterocycles. The monoisotopic (exact) mass is 265 g/mol. The summed E-state index contributed by atoms with van der Waals surface area (Å²) in [6.07, 6.45) is 0. The number of aromatic carboxylic acids is 1. The molecule has 1 rings (SSSR count). The molecule has 0 amide bonds. The van der Waals surface area contributed by atoms with Crippen molar-refractivity contribution in [3.63, 3.8) is 0 Å². The molecule has 4 N–H and O–H groups in total. The number of rotatable bonds is 1. The molecule has 1 aromatic rings. The topological polar surface area (TPSA) is 64.9 Å².